The molecule has 0 aliphatic heterocycles. The number of carbonyl (C=O) groups is 2. The average molecular weight is 303 g/mol. The topological polar surface area (TPSA) is 96.5 Å². The quantitative estimate of drug-likeness (QED) is 0.646. The third kappa shape index (κ3) is 3.00. The molecule has 2 aromatic rings. The fraction of sp³-hybridized carbons (Fsp3) is 0.312. The number of benzene rings is 1. The summed E-state index contributed by atoms with van der Waals surface area (Å²) in [5, 5.41) is 9.68. The van der Waals surface area contributed by atoms with Gasteiger partial charge in [-0.3, -0.25) is 14.4 Å². The van der Waals surface area contributed by atoms with Crippen LogP contribution in [0.3, 0.4) is 0 Å². The fourth-order valence-electron chi connectivity index (χ4n) is 2.36. The Morgan fingerprint density at radius 3 is 2.64 bits per heavy atom. The standard InChI is InChI=1S/C16H17NO5/c1-3-22-16(21)12(15(19)20)8-11-9(2)17-13-7-5-4-6-10(13)14(11)18/h4-7,12H,3,8H2,1-2H3,(H,17,18)(H,19,20)/t12-/m1/s1. The van der Waals surface area contributed by atoms with Gasteiger partial charge in [0.15, 0.2) is 11.3 Å². The van der Waals surface area contributed by atoms with Gasteiger partial charge in [-0.15, -0.1) is 0 Å². The smallest absolute Gasteiger partial charge is 0.320 e. The predicted octanol–water partition coefficient (Wildman–Crippen LogP) is 1.64. The maximum Gasteiger partial charge on any atom is 0.320 e. The van der Waals surface area contributed by atoms with Crippen LogP contribution >= 0.6 is 0 Å². The fourth-order valence-corrected chi connectivity index (χ4v) is 2.36. The molecule has 2 rings (SSSR count). The molecule has 0 spiro atoms. The van der Waals surface area contributed by atoms with Gasteiger partial charge in [-0.1, -0.05) is 12.1 Å². The summed E-state index contributed by atoms with van der Waals surface area (Å²) >= 11 is 0. The maximum absolute atomic E-state index is 12.5. The Morgan fingerprint density at radius 2 is 2.00 bits per heavy atom. The zero-order chi connectivity index (χ0) is 16.3. The van der Waals surface area contributed by atoms with E-state index in [4.69, 9.17) is 4.74 Å². The van der Waals surface area contributed by atoms with Crippen molar-refractivity contribution in [3.8, 4) is 0 Å². The van der Waals surface area contributed by atoms with Gasteiger partial charge in [0.05, 0.1) is 6.61 Å². The number of esters is 1. The highest BCUT2D eigenvalue weighted by Crippen LogP contribution is 2.15. The minimum atomic E-state index is -1.39. The van der Waals surface area contributed by atoms with E-state index in [9.17, 15) is 19.5 Å². The molecule has 0 saturated carbocycles. The summed E-state index contributed by atoms with van der Waals surface area (Å²) in [6, 6.07) is 6.97. The first-order valence-electron chi connectivity index (χ1n) is 6.95. The number of ether oxygens (including phenoxy) is 1. The number of hydrogen-bond donors (Lipinski definition) is 2. The Labute approximate surface area is 126 Å². The molecular weight excluding hydrogens is 286 g/mol. The van der Waals surface area contributed by atoms with Gasteiger partial charge in [0, 0.05) is 28.6 Å². The molecule has 0 radical (unpaired) electrons. The number of hydrogen-bond acceptors (Lipinski definition) is 4. The molecule has 6 heteroatoms. The monoisotopic (exact) mass is 303 g/mol. The van der Waals surface area contributed by atoms with Gasteiger partial charge in [0.1, 0.15) is 0 Å². The average Bonchev–Trinajstić information content (AvgIpc) is 2.47. The molecule has 2 N–H and O–H groups in total. The molecular formula is C16H17NO5. The Kier molecular flexibility index (Phi) is 4.60. The van der Waals surface area contributed by atoms with Gasteiger partial charge >= 0.3 is 11.9 Å². The molecule has 0 saturated heterocycles. The van der Waals surface area contributed by atoms with E-state index in [1.807, 2.05) is 0 Å². The molecule has 1 heterocycles. The number of carboxylic acid groups (broad SMARTS) is 1. The van der Waals surface area contributed by atoms with Gasteiger partial charge in [-0.2, -0.15) is 0 Å². The van der Waals surface area contributed by atoms with Crippen LogP contribution in [0.2, 0.25) is 0 Å². The minimum absolute atomic E-state index is 0.0929. The molecule has 1 aromatic heterocycles. The highest BCUT2D eigenvalue weighted by Gasteiger charge is 2.29. The third-order valence-corrected chi connectivity index (χ3v) is 3.50. The molecule has 0 aliphatic rings. The second-order valence-corrected chi connectivity index (χ2v) is 4.95. The van der Waals surface area contributed by atoms with Crippen molar-refractivity contribution >= 4 is 22.8 Å². The molecule has 22 heavy (non-hydrogen) atoms. The predicted molar refractivity (Wildman–Crippen MR) is 80.8 cm³/mol. The van der Waals surface area contributed by atoms with Crippen molar-refractivity contribution in [2.24, 2.45) is 5.92 Å². The Balaban J connectivity index is 2.48. The largest absolute Gasteiger partial charge is 0.481 e. The molecule has 6 nitrogen and oxygen atoms in total. The van der Waals surface area contributed by atoms with E-state index in [1.165, 1.54) is 0 Å². The number of carbonyl (C=O) groups excluding carboxylic acids is 1. The Morgan fingerprint density at radius 1 is 1.32 bits per heavy atom. The summed E-state index contributed by atoms with van der Waals surface area (Å²) < 4.78 is 4.77. The highest BCUT2D eigenvalue weighted by molar-refractivity contribution is 5.94. The summed E-state index contributed by atoms with van der Waals surface area (Å²) in [5.74, 6) is -3.52. The van der Waals surface area contributed by atoms with Crippen LogP contribution in [0.5, 0.6) is 0 Å². The summed E-state index contributed by atoms with van der Waals surface area (Å²) in [5.41, 5.74) is 1.26. The van der Waals surface area contributed by atoms with Crippen LogP contribution in [0, 0.1) is 12.8 Å². The van der Waals surface area contributed by atoms with Crippen molar-refractivity contribution in [2.75, 3.05) is 6.61 Å². The molecule has 0 aliphatic carbocycles. The van der Waals surface area contributed by atoms with Crippen LogP contribution in [-0.2, 0) is 20.7 Å². The molecule has 0 fully saturated rings. The SMILES string of the molecule is CCOC(=O)[C@H](Cc1c(C)[nH]c2ccccc2c1=O)C(=O)O. The summed E-state index contributed by atoms with van der Waals surface area (Å²) in [6.45, 7) is 3.38. The number of para-hydroxylation sites is 1. The number of H-pyrrole nitrogens is 1. The number of nitrogens with one attached hydrogen (secondary N) is 1. The van der Waals surface area contributed by atoms with Gasteiger partial charge in [0.25, 0.3) is 0 Å². The number of rotatable bonds is 5. The molecule has 0 bridgehead atoms. The van der Waals surface area contributed by atoms with E-state index in [2.05, 4.69) is 4.98 Å². The minimum Gasteiger partial charge on any atom is -0.481 e. The first-order chi connectivity index (χ1) is 10.5. The van der Waals surface area contributed by atoms with Gasteiger partial charge in [-0.25, -0.2) is 0 Å². The van der Waals surface area contributed by atoms with Crippen molar-refractivity contribution in [3.05, 3.63) is 45.7 Å². The van der Waals surface area contributed by atoms with Crippen molar-refractivity contribution in [2.45, 2.75) is 20.3 Å². The molecule has 116 valence electrons. The van der Waals surface area contributed by atoms with Crippen LogP contribution in [0.1, 0.15) is 18.2 Å². The van der Waals surface area contributed by atoms with E-state index >= 15 is 0 Å². The summed E-state index contributed by atoms with van der Waals surface area (Å²) in [4.78, 5) is 38.6. The molecule has 1 atom stereocenters. The number of aromatic amines is 1. The van der Waals surface area contributed by atoms with Crippen molar-refractivity contribution in [1.82, 2.24) is 4.98 Å². The number of aliphatic carboxylic acids is 1. The van der Waals surface area contributed by atoms with Crippen molar-refractivity contribution in [1.29, 1.82) is 0 Å². The van der Waals surface area contributed by atoms with Gasteiger partial charge in [-0.05, 0) is 26.0 Å². The lowest BCUT2D eigenvalue weighted by atomic mass is 9.96. The second kappa shape index (κ2) is 6.43. The van der Waals surface area contributed by atoms with E-state index in [0.29, 0.717) is 22.2 Å². The zero-order valence-corrected chi connectivity index (χ0v) is 12.4. The highest BCUT2D eigenvalue weighted by atomic mass is 16.5. The summed E-state index contributed by atoms with van der Waals surface area (Å²) in [6.07, 6.45) is -0.194. The van der Waals surface area contributed by atoms with Crippen molar-refractivity contribution < 1.29 is 19.4 Å². The number of aryl methyl sites for hydroxylation is 1. The number of fused-ring (bicyclic) bond motifs is 1. The van der Waals surface area contributed by atoms with Gasteiger partial charge < -0.3 is 14.8 Å². The van der Waals surface area contributed by atoms with E-state index in [-0.39, 0.29) is 18.5 Å². The van der Waals surface area contributed by atoms with Crippen LogP contribution < -0.4 is 5.43 Å². The first kappa shape index (κ1) is 15.8. The third-order valence-electron chi connectivity index (χ3n) is 3.50. The first-order valence-corrected chi connectivity index (χ1v) is 6.95. The number of pyridine rings is 1. The molecule has 0 unspecified atom stereocenters. The lowest BCUT2D eigenvalue weighted by molar-refractivity contribution is -0.158. The summed E-state index contributed by atoms with van der Waals surface area (Å²) in [7, 11) is 0. The zero-order valence-electron chi connectivity index (χ0n) is 12.4. The van der Waals surface area contributed by atoms with Crippen LogP contribution in [-0.4, -0.2) is 28.6 Å². The van der Waals surface area contributed by atoms with Crippen LogP contribution in [0.4, 0.5) is 0 Å². The lowest BCUT2D eigenvalue weighted by Crippen LogP contribution is -2.30. The van der Waals surface area contributed by atoms with Crippen LogP contribution in [0.15, 0.2) is 29.1 Å². The Hall–Kier alpha value is -2.63. The van der Waals surface area contributed by atoms with E-state index in [1.54, 1.807) is 38.1 Å². The molecule has 0 amide bonds. The molecule has 1 aromatic carbocycles. The van der Waals surface area contributed by atoms with E-state index < -0.39 is 17.9 Å². The van der Waals surface area contributed by atoms with Gasteiger partial charge in [0.2, 0.25) is 0 Å². The lowest BCUT2D eigenvalue weighted by Gasteiger charge is -2.13. The second-order valence-electron chi connectivity index (χ2n) is 4.95. The number of aromatic nitrogens is 1. The normalized spacial score (nSPS) is 12.1. The van der Waals surface area contributed by atoms with Crippen molar-refractivity contribution in [3.63, 3.8) is 0 Å². The van der Waals surface area contributed by atoms with E-state index in [0.717, 1.165) is 0 Å². The number of carboxylic acids is 1. The van der Waals surface area contributed by atoms with Crippen LogP contribution in [0.25, 0.3) is 10.9 Å². The Bertz CT molecular complexity index is 778. The maximum atomic E-state index is 12.5.